The number of methoxy groups -OCH3 is 1. The minimum Gasteiger partial charge on any atom is -0.465 e. The third-order valence-corrected chi connectivity index (χ3v) is 4.56. The third-order valence-electron chi connectivity index (χ3n) is 4.56. The van der Waals surface area contributed by atoms with Crippen molar-refractivity contribution in [2.75, 3.05) is 25.2 Å². The smallest absolute Gasteiger partial charge is 0.338 e. The highest BCUT2D eigenvalue weighted by Gasteiger charge is 2.25. The van der Waals surface area contributed by atoms with Crippen LogP contribution in [-0.4, -0.2) is 43.0 Å². The number of fused-ring (bicyclic) bond motifs is 1. The van der Waals surface area contributed by atoms with Gasteiger partial charge in [0.1, 0.15) is 0 Å². The van der Waals surface area contributed by atoms with Crippen LogP contribution in [0.4, 0.5) is 11.4 Å². The number of nitrogens with zero attached hydrogens (tertiary/aromatic N) is 2. The van der Waals surface area contributed by atoms with E-state index >= 15 is 0 Å². The van der Waals surface area contributed by atoms with Crippen molar-refractivity contribution in [1.82, 2.24) is 0 Å². The minimum atomic E-state index is -0.698. The molecule has 0 radical (unpaired) electrons. The monoisotopic (exact) mass is 398 g/mol. The van der Waals surface area contributed by atoms with Crippen molar-refractivity contribution in [1.29, 1.82) is 0 Å². The quantitative estimate of drug-likeness (QED) is 0.432. The number of esters is 2. The molecule has 0 saturated carbocycles. The molecule has 1 aliphatic heterocycles. The Morgan fingerprint density at radius 2 is 1.72 bits per heavy atom. The molecule has 1 heterocycles. The van der Waals surface area contributed by atoms with Gasteiger partial charge < -0.3 is 14.4 Å². The van der Waals surface area contributed by atoms with E-state index in [0.717, 1.165) is 0 Å². The Morgan fingerprint density at radius 3 is 2.34 bits per heavy atom. The van der Waals surface area contributed by atoms with Crippen LogP contribution < -0.4 is 4.90 Å². The first-order valence-electron chi connectivity index (χ1n) is 8.84. The van der Waals surface area contributed by atoms with Crippen LogP contribution in [0.15, 0.2) is 42.5 Å². The number of carbonyl (C=O) groups excluding carboxylic acids is 3. The van der Waals surface area contributed by atoms with Crippen LogP contribution in [0.3, 0.4) is 0 Å². The Morgan fingerprint density at radius 1 is 1.07 bits per heavy atom. The summed E-state index contributed by atoms with van der Waals surface area (Å²) in [6.07, 6.45) is 1.29. The number of aryl methyl sites for hydroxylation is 1. The molecule has 0 bridgehead atoms. The van der Waals surface area contributed by atoms with E-state index in [-0.39, 0.29) is 11.3 Å². The molecule has 9 heteroatoms. The summed E-state index contributed by atoms with van der Waals surface area (Å²) in [4.78, 5) is 48.1. The Balaban J connectivity index is 1.65. The zero-order chi connectivity index (χ0) is 21.0. The number of benzene rings is 2. The van der Waals surface area contributed by atoms with Gasteiger partial charge in [0.15, 0.2) is 6.61 Å². The van der Waals surface area contributed by atoms with Gasteiger partial charge in [-0.25, -0.2) is 9.59 Å². The molecule has 29 heavy (non-hydrogen) atoms. The van der Waals surface area contributed by atoms with Gasteiger partial charge in [0.25, 0.3) is 11.6 Å². The number of ether oxygens (including phenoxy) is 2. The molecule has 0 saturated heterocycles. The maximum atomic E-state index is 12.6. The van der Waals surface area contributed by atoms with Gasteiger partial charge in [-0.3, -0.25) is 14.9 Å². The summed E-state index contributed by atoms with van der Waals surface area (Å²) in [5.41, 5.74) is 1.76. The Hall–Kier alpha value is -3.75. The first kappa shape index (κ1) is 20.0. The molecule has 9 nitrogen and oxygen atoms in total. The molecule has 0 spiro atoms. The highest BCUT2D eigenvalue weighted by atomic mass is 16.6. The SMILES string of the molecule is COC(=O)c1ccc(C(=O)OCC(=O)N2CCCc3cc([N+](=O)[O-])ccc32)cc1. The fraction of sp³-hybridized carbons (Fsp3) is 0.250. The van der Waals surface area contributed by atoms with Crippen molar-refractivity contribution >= 4 is 29.2 Å². The van der Waals surface area contributed by atoms with Gasteiger partial charge in [0, 0.05) is 24.4 Å². The molecule has 0 N–H and O–H groups in total. The van der Waals surface area contributed by atoms with E-state index in [1.165, 1.54) is 54.5 Å². The maximum Gasteiger partial charge on any atom is 0.338 e. The summed E-state index contributed by atoms with van der Waals surface area (Å²) < 4.78 is 9.68. The van der Waals surface area contributed by atoms with Crippen LogP contribution in [0.1, 0.15) is 32.7 Å². The molecule has 0 aliphatic carbocycles. The van der Waals surface area contributed by atoms with Gasteiger partial charge >= 0.3 is 11.9 Å². The van der Waals surface area contributed by atoms with Crippen LogP contribution in [-0.2, 0) is 20.7 Å². The summed E-state index contributed by atoms with van der Waals surface area (Å²) in [5, 5.41) is 10.9. The second kappa shape index (κ2) is 8.51. The molecule has 150 valence electrons. The van der Waals surface area contributed by atoms with Crippen molar-refractivity contribution in [3.8, 4) is 0 Å². The second-order valence-corrected chi connectivity index (χ2v) is 6.36. The third kappa shape index (κ3) is 4.40. The van der Waals surface area contributed by atoms with Gasteiger partial charge in [-0.15, -0.1) is 0 Å². The summed E-state index contributed by atoms with van der Waals surface area (Å²) in [6.45, 7) is -0.0248. The number of rotatable bonds is 5. The van der Waals surface area contributed by atoms with E-state index in [1.807, 2.05) is 0 Å². The molecule has 0 atom stereocenters. The molecular formula is C20H18N2O7. The van der Waals surface area contributed by atoms with Gasteiger partial charge in [0.05, 0.1) is 23.2 Å². The van der Waals surface area contributed by atoms with Crippen molar-refractivity contribution in [2.45, 2.75) is 12.8 Å². The highest BCUT2D eigenvalue weighted by molar-refractivity contribution is 5.98. The zero-order valence-corrected chi connectivity index (χ0v) is 15.6. The molecule has 0 unspecified atom stereocenters. The molecule has 2 aromatic rings. The zero-order valence-electron chi connectivity index (χ0n) is 15.6. The largest absolute Gasteiger partial charge is 0.465 e. The maximum absolute atomic E-state index is 12.6. The van der Waals surface area contributed by atoms with E-state index in [2.05, 4.69) is 4.74 Å². The van der Waals surface area contributed by atoms with Crippen molar-refractivity contribution in [2.24, 2.45) is 0 Å². The number of nitro benzene ring substituents is 1. The Labute approximate surface area is 166 Å². The lowest BCUT2D eigenvalue weighted by Gasteiger charge is -2.29. The number of amides is 1. The average Bonchev–Trinajstić information content (AvgIpc) is 2.75. The van der Waals surface area contributed by atoms with Gasteiger partial charge in [0.2, 0.25) is 0 Å². The second-order valence-electron chi connectivity index (χ2n) is 6.36. The van der Waals surface area contributed by atoms with Crippen LogP contribution in [0, 0.1) is 10.1 Å². The Kier molecular flexibility index (Phi) is 5.87. The standard InChI is InChI=1S/C20H18N2O7/c1-28-19(24)13-4-6-14(7-5-13)20(25)29-12-18(23)21-10-2-3-15-11-16(22(26)27)8-9-17(15)21/h4-9,11H,2-3,10,12H2,1H3. The van der Waals surface area contributed by atoms with Gasteiger partial charge in [-0.2, -0.15) is 0 Å². The Bertz CT molecular complexity index is 969. The topological polar surface area (TPSA) is 116 Å². The molecular weight excluding hydrogens is 380 g/mol. The predicted molar refractivity (Wildman–Crippen MR) is 102 cm³/mol. The summed E-state index contributed by atoms with van der Waals surface area (Å²) >= 11 is 0. The lowest BCUT2D eigenvalue weighted by atomic mass is 10.0. The summed E-state index contributed by atoms with van der Waals surface area (Å²) in [6, 6.07) is 10.0. The van der Waals surface area contributed by atoms with E-state index in [0.29, 0.717) is 36.2 Å². The summed E-state index contributed by atoms with van der Waals surface area (Å²) in [5.74, 6) is -1.64. The number of hydrogen-bond acceptors (Lipinski definition) is 7. The fourth-order valence-corrected chi connectivity index (χ4v) is 3.10. The molecule has 0 aromatic heterocycles. The van der Waals surface area contributed by atoms with Crippen LogP contribution in [0.5, 0.6) is 0 Å². The lowest BCUT2D eigenvalue weighted by Crippen LogP contribution is -2.38. The average molecular weight is 398 g/mol. The van der Waals surface area contributed by atoms with Crippen molar-refractivity contribution in [3.63, 3.8) is 0 Å². The van der Waals surface area contributed by atoms with Crippen LogP contribution in [0.2, 0.25) is 0 Å². The number of carbonyl (C=O) groups is 3. The fourth-order valence-electron chi connectivity index (χ4n) is 3.10. The first-order chi connectivity index (χ1) is 13.9. The highest BCUT2D eigenvalue weighted by Crippen LogP contribution is 2.30. The van der Waals surface area contributed by atoms with E-state index < -0.39 is 29.4 Å². The van der Waals surface area contributed by atoms with Gasteiger partial charge in [-0.1, -0.05) is 0 Å². The van der Waals surface area contributed by atoms with Gasteiger partial charge in [-0.05, 0) is 48.7 Å². The van der Waals surface area contributed by atoms with Crippen molar-refractivity contribution in [3.05, 3.63) is 69.3 Å². The van der Waals surface area contributed by atoms with E-state index in [4.69, 9.17) is 4.74 Å². The molecule has 1 aliphatic rings. The number of non-ortho nitro benzene ring substituents is 1. The number of anilines is 1. The molecule has 1 amide bonds. The van der Waals surface area contributed by atoms with E-state index in [9.17, 15) is 24.5 Å². The summed E-state index contributed by atoms with van der Waals surface area (Å²) in [7, 11) is 1.26. The number of nitro groups is 1. The molecule has 3 rings (SSSR count). The molecule has 0 fully saturated rings. The van der Waals surface area contributed by atoms with E-state index in [1.54, 1.807) is 0 Å². The van der Waals surface area contributed by atoms with Crippen LogP contribution >= 0.6 is 0 Å². The number of hydrogen-bond donors (Lipinski definition) is 0. The molecule has 2 aromatic carbocycles. The van der Waals surface area contributed by atoms with Crippen molar-refractivity contribution < 1.29 is 28.8 Å². The first-order valence-corrected chi connectivity index (χ1v) is 8.84. The van der Waals surface area contributed by atoms with Crippen LogP contribution in [0.25, 0.3) is 0 Å². The lowest BCUT2D eigenvalue weighted by molar-refractivity contribution is -0.384. The normalized spacial score (nSPS) is 12.7. The minimum absolute atomic E-state index is 0.0279. The predicted octanol–water partition coefficient (Wildman–Crippen LogP) is 2.52.